The van der Waals surface area contributed by atoms with Gasteiger partial charge in [-0.05, 0) is 24.1 Å². The third-order valence-corrected chi connectivity index (χ3v) is 2.82. The van der Waals surface area contributed by atoms with E-state index in [0.29, 0.717) is 6.42 Å². The lowest BCUT2D eigenvalue weighted by Crippen LogP contribution is -2.46. The number of amidine groups is 1. The van der Waals surface area contributed by atoms with Crippen LogP contribution >= 0.6 is 0 Å². The molecule has 1 atom stereocenters. The van der Waals surface area contributed by atoms with Crippen molar-refractivity contribution in [2.75, 3.05) is 0 Å². The Labute approximate surface area is 108 Å². The quantitative estimate of drug-likeness (QED) is 0.501. The minimum atomic E-state index is -0.477. The van der Waals surface area contributed by atoms with Crippen LogP contribution in [0.15, 0.2) is 24.3 Å². The monoisotopic (exact) mass is 248 g/mol. The first-order valence-corrected chi connectivity index (χ1v) is 5.99. The third kappa shape index (κ3) is 3.67. The second kappa shape index (κ2) is 5.31. The number of ketones is 1. The van der Waals surface area contributed by atoms with Crippen LogP contribution in [0.5, 0.6) is 0 Å². The Balaban J connectivity index is 2.74. The van der Waals surface area contributed by atoms with Gasteiger partial charge in [-0.1, -0.05) is 32.9 Å². The molecule has 1 aromatic rings. The molecular weight excluding hydrogens is 226 g/mol. The minimum Gasteiger partial charge on any atom is -0.321 e. The standard InChI is InChI=1S/C14H21N3O/c1-14(2,3)12(18)11(15)8-9-4-6-10(7-5-9)13(16)17/h4-7,11H,8,15H2,1-3H3,(H3,16,17)/p+1. The molecule has 0 bridgehead atoms. The third-order valence-electron chi connectivity index (χ3n) is 2.82. The van der Waals surface area contributed by atoms with E-state index in [1.54, 1.807) is 0 Å². The van der Waals surface area contributed by atoms with Crippen LogP contribution in [-0.4, -0.2) is 17.7 Å². The fraction of sp³-hybridized carbons (Fsp3) is 0.429. The van der Waals surface area contributed by atoms with Gasteiger partial charge >= 0.3 is 0 Å². The van der Waals surface area contributed by atoms with Gasteiger partial charge in [0, 0.05) is 5.41 Å². The lowest BCUT2D eigenvalue weighted by molar-refractivity contribution is -0.127. The first-order valence-electron chi connectivity index (χ1n) is 5.99. The maximum Gasteiger partial charge on any atom is 0.270 e. The van der Waals surface area contributed by atoms with Gasteiger partial charge in [0.15, 0.2) is 5.78 Å². The van der Waals surface area contributed by atoms with Crippen LogP contribution in [0.3, 0.4) is 0 Å². The van der Waals surface area contributed by atoms with Crippen molar-refractivity contribution in [3.8, 4) is 0 Å². The van der Waals surface area contributed by atoms with Crippen LogP contribution in [0.2, 0.25) is 0 Å². The van der Waals surface area contributed by atoms with Crippen LogP contribution in [0.1, 0.15) is 31.9 Å². The van der Waals surface area contributed by atoms with Crippen molar-refractivity contribution < 1.29 is 10.2 Å². The SMILES string of the molecule is CC(C)(C)C(=O)C(N)Cc1ccc(C(N)=[NH2+])cc1. The van der Waals surface area contributed by atoms with Gasteiger partial charge in [-0.3, -0.25) is 15.9 Å². The number of nitrogens with two attached hydrogens (primary N) is 3. The van der Waals surface area contributed by atoms with Crippen LogP contribution in [0.25, 0.3) is 0 Å². The van der Waals surface area contributed by atoms with Gasteiger partial charge in [0.25, 0.3) is 5.84 Å². The largest absolute Gasteiger partial charge is 0.321 e. The zero-order chi connectivity index (χ0) is 13.9. The van der Waals surface area contributed by atoms with Gasteiger partial charge in [-0.2, -0.15) is 0 Å². The molecule has 4 heteroatoms. The molecule has 0 aromatic heterocycles. The Hall–Kier alpha value is -1.68. The summed E-state index contributed by atoms with van der Waals surface area (Å²) in [5, 5.41) is 5.49. The summed E-state index contributed by atoms with van der Waals surface area (Å²) in [7, 11) is 0. The van der Waals surface area contributed by atoms with Crippen molar-refractivity contribution >= 4 is 11.6 Å². The number of benzene rings is 1. The highest BCUT2D eigenvalue weighted by molar-refractivity contribution is 5.92. The summed E-state index contributed by atoms with van der Waals surface area (Å²) in [6.45, 7) is 5.63. The molecule has 0 saturated carbocycles. The molecular formula is C14H22N3O+. The van der Waals surface area contributed by atoms with E-state index in [0.717, 1.165) is 11.1 Å². The second-order valence-corrected chi connectivity index (χ2v) is 5.58. The molecule has 0 fully saturated rings. The molecule has 0 aliphatic rings. The topological polar surface area (TPSA) is 94.7 Å². The minimum absolute atomic E-state index is 0.0662. The highest BCUT2D eigenvalue weighted by Crippen LogP contribution is 2.18. The van der Waals surface area contributed by atoms with Crippen molar-refractivity contribution in [3.05, 3.63) is 35.4 Å². The molecule has 0 radical (unpaired) electrons. The van der Waals surface area contributed by atoms with Crippen molar-refractivity contribution in [2.45, 2.75) is 33.2 Å². The smallest absolute Gasteiger partial charge is 0.270 e. The lowest BCUT2D eigenvalue weighted by Gasteiger charge is -2.21. The van der Waals surface area contributed by atoms with E-state index < -0.39 is 11.5 Å². The Morgan fingerprint density at radius 3 is 2.17 bits per heavy atom. The van der Waals surface area contributed by atoms with Crippen molar-refractivity contribution in [1.82, 2.24) is 0 Å². The number of Topliss-reactive ketones (excluding diaryl/α,β-unsaturated/α-hetero) is 1. The van der Waals surface area contributed by atoms with Crippen LogP contribution in [-0.2, 0) is 11.2 Å². The molecule has 0 saturated heterocycles. The molecule has 1 aromatic carbocycles. The molecule has 98 valence electrons. The van der Waals surface area contributed by atoms with E-state index in [4.69, 9.17) is 16.9 Å². The molecule has 1 unspecified atom stereocenters. The first kappa shape index (κ1) is 14.4. The number of carbonyl (C=O) groups is 1. The Bertz CT molecular complexity index is 443. The number of carbonyl (C=O) groups excluding carboxylic acids is 1. The van der Waals surface area contributed by atoms with E-state index >= 15 is 0 Å². The number of rotatable bonds is 4. The molecule has 0 aliphatic heterocycles. The van der Waals surface area contributed by atoms with Crippen LogP contribution in [0.4, 0.5) is 0 Å². The Morgan fingerprint density at radius 2 is 1.78 bits per heavy atom. The van der Waals surface area contributed by atoms with Crippen molar-refractivity contribution in [3.63, 3.8) is 0 Å². The highest BCUT2D eigenvalue weighted by Gasteiger charge is 2.26. The van der Waals surface area contributed by atoms with E-state index in [-0.39, 0.29) is 11.6 Å². The molecule has 4 nitrogen and oxygen atoms in total. The number of hydrogen-bond donors (Lipinski definition) is 3. The lowest BCUT2D eigenvalue weighted by atomic mass is 9.84. The Kier molecular flexibility index (Phi) is 4.24. The zero-order valence-electron chi connectivity index (χ0n) is 11.2. The first-order chi connectivity index (χ1) is 8.21. The molecule has 0 spiro atoms. The highest BCUT2D eigenvalue weighted by atomic mass is 16.1. The molecule has 1 rings (SSSR count). The second-order valence-electron chi connectivity index (χ2n) is 5.58. The Morgan fingerprint density at radius 1 is 1.28 bits per heavy atom. The van der Waals surface area contributed by atoms with Gasteiger partial charge < -0.3 is 5.73 Å². The summed E-state index contributed by atoms with van der Waals surface area (Å²) in [4.78, 5) is 12.0. The maximum atomic E-state index is 12.0. The molecule has 6 N–H and O–H groups in total. The van der Waals surface area contributed by atoms with Crippen molar-refractivity contribution in [2.24, 2.45) is 16.9 Å². The summed E-state index contributed by atoms with van der Waals surface area (Å²) < 4.78 is 0. The fourth-order valence-electron chi connectivity index (χ4n) is 1.74. The van der Waals surface area contributed by atoms with Crippen LogP contribution in [0, 0.1) is 5.41 Å². The molecule has 18 heavy (non-hydrogen) atoms. The normalized spacial score (nSPS) is 13.1. The summed E-state index contributed by atoms with van der Waals surface area (Å²) in [5.41, 5.74) is 12.8. The average Bonchev–Trinajstić information content (AvgIpc) is 2.27. The summed E-state index contributed by atoms with van der Waals surface area (Å²) in [6, 6.07) is 6.98. The molecule has 0 amide bonds. The van der Waals surface area contributed by atoms with Gasteiger partial charge in [0.1, 0.15) is 0 Å². The fourth-order valence-corrected chi connectivity index (χ4v) is 1.74. The van der Waals surface area contributed by atoms with Gasteiger partial charge in [-0.15, -0.1) is 0 Å². The van der Waals surface area contributed by atoms with Gasteiger partial charge in [0.05, 0.1) is 11.6 Å². The average molecular weight is 248 g/mol. The summed E-state index contributed by atoms with van der Waals surface area (Å²) in [5.74, 6) is 0.355. The zero-order valence-corrected chi connectivity index (χ0v) is 11.2. The predicted molar refractivity (Wildman–Crippen MR) is 72.8 cm³/mol. The molecule has 0 aliphatic carbocycles. The van der Waals surface area contributed by atoms with Gasteiger partial charge in [-0.25, -0.2) is 0 Å². The summed E-state index contributed by atoms with van der Waals surface area (Å²) >= 11 is 0. The van der Waals surface area contributed by atoms with E-state index in [1.807, 2.05) is 45.0 Å². The summed E-state index contributed by atoms with van der Waals surface area (Å²) in [6.07, 6.45) is 0.529. The number of hydrogen-bond acceptors (Lipinski definition) is 2. The van der Waals surface area contributed by atoms with E-state index in [9.17, 15) is 4.79 Å². The predicted octanol–water partition coefficient (Wildman–Crippen LogP) is -0.364. The van der Waals surface area contributed by atoms with Gasteiger partial charge in [0.2, 0.25) is 0 Å². The van der Waals surface area contributed by atoms with E-state index in [2.05, 4.69) is 0 Å². The molecule has 0 heterocycles. The van der Waals surface area contributed by atoms with E-state index in [1.165, 1.54) is 0 Å². The maximum absolute atomic E-state index is 12.0. The van der Waals surface area contributed by atoms with Crippen molar-refractivity contribution in [1.29, 1.82) is 0 Å². The van der Waals surface area contributed by atoms with Crippen LogP contribution < -0.4 is 16.9 Å².